The normalized spacial score (nSPS) is 11.3. The molecule has 636 valence electrons. The molecule has 0 fully saturated rings. The number of aromatic nitrogens is 12. The van der Waals surface area contributed by atoms with Crippen molar-refractivity contribution < 1.29 is 48.1 Å². The third kappa shape index (κ3) is 16.9. The number of aliphatic hydroxyl groups is 1. The minimum atomic E-state index is -0.631. The Morgan fingerprint density at radius 1 is 0.223 bits per heavy atom. The molecule has 0 aliphatic carbocycles. The van der Waals surface area contributed by atoms with Gasteiger partial charge in [-0.2, -0.15) is 0 Å². The zero-order valence-electron chi connectivity index (χ0n) is 66.8. The second-order valence-corrected chi connectivity index (χ2v) is 31.3. The Morgan fingerprint density at radius 2 is 0.408 bits per heavy atom. The molecule has 0 radical (unpaired) electrons. The summed E-state index contributed by atoms with van der Waals surface area (Å²) < 4.78 is 17.4. The number of hydrogen-bond donors (Lipinski definition) is 1. The first-order chi connectivity index (χ1) is 62.1. The quantitative estimate of drug-likeness (QED) is 0.0291. The minimum absolute atomic E-state index is 0. The highest BCUT2D eigenvalue weighted by atomic mass is 35.5. The fourth-order valence-corrected chi connectivity index (χ4v) is 16.6. The van der Waals surface area contributed by atoms with Gasteiger partial charge in [0, 0.05) is 42.6 Å². The van der Waals surface area contributed by atoms with Crippen LogP contribution in [0.4, 0.5) is 0 Å². The first kappa shape index (κ1) is 86.5. The predicted molar refractivity (Wildman–Crippen MR) is 516 cm³/mol. The van der Waals surface area contributed by atoms with Crippen molar-refractivity contribution in [1.29, 1.82) is 0 Å². The summed E-state index contributed by atoms with van der Waals surface area (Å²) >= 11 is 17.1. The Morgan fingerprint density at radius 3 is 0.623 bits per heavy atom. The predicted octanol–water partition coefficient (Wildman–Crippen LogP) is 23.0. The van der Waals surface area contributed by atoms with Gasteiger partial charge >= 0.3 is 17.9 Å². The van der Waals surface area contributed by atoms with Crippen LogP contribution in [0.1, 0.15) is 107 Å². The maximum atomic E-state index is 13.6. The number of ether oxygens (including phenoxy) is 3. The summed E-state index contributed by atoms with van der Waals surface area (Å²) in [7, 11) is 0. The number of nitrogens with zero attached hydrogens (tertiary/aromatic N) is 12. The molecule has 0 saturated carbocycles. The number of benzene rings is 16. The molecule has 16 aromatic carbocycles. The highest BCUT2D eigenvalue weighted by molar-refractivity contribution is 6.68. The summed E-state index contributed by atoms with van der Waals surface area (Å²) in [6, 6.07) is 86.7. The zero-order chi connectivity index (χ0) is 86.5. The third-order valence-electron chi connectivity index (χ3n) is 22.4. The van der Waals surface area contributed by atoms with Crippen LogP contribution >= 0.6 is 34.8 Å². The van der Waals surface area contributed by atoms with Crippen LogP contribution in [-0.2, 0) is 39.9 Å². The van der Waals surface area contributed by atoms with E-state index in [1.54, 1.807) is 103 Å². The van der Waals surface area contributed by atoms with Crippen LogP contribution in [0.2, 0.25) is 0 Å². The molecule has 0 spiro atoms. The zero-order valence-corrected chi connectivity index (χ0v) is 69.1. The topological polar surface area (TPSA) is 305 Å². The fraction of sp³-hybridized carbons (Fsp3) is 0.105. The Hall–Kier alpha value is -15.6. The monoisotopic (exact) mass is 1770 g/mol. The molecule has 22 nitrogen and oxygen atoms in total. The van der Waals surface area contributed by atoms with Crippen LogP contribution in [0, 0.1) is 0 Å². The van der Waals surface area contributed by atoms with Crippen molar-refractivity contribution in [2.75, 3.05) is 26.4 Å². The summed E-state index contributed by atoms with van der Waals surface area (Å²) in [6.45, 7) is 0.784. The molecular formula is C105H75Cl3N12O10. The van der Waals surface area contributed by atoms with Crippen molar-refractivity contribution in [2.45, 2.75) is 48.0 Å². The second-order valence-electron chi connectivity index (χ2n) is 30.3. The Kier molecular flexibility index (Phi) is 24.5. The van der Waals surface area contributed by atoms with E-state index >= 15 is 0 Å². The van der Waals surface area contributed by atoms with Crippen LogP contribution < -0.4 is 0 Å². The molecule has 6 aromatic heterocycles. The number of aliphatic hydroxyl groups excluding tert-OH is 1. The molecule has 0 aliphatic heterocycles. The van der Waals surface area contributed by atoms with Gasteiger partial charge < -0.3 is 19.3 Å². The van der Waals surface area contributed by atoms with E-state index in [-0.39, 0.29) is 65.4 Å². The van der Waals surface area contributed by atoms with E-state index in [2.05, 4.69) is 78.9 Å². The lowest BCUT2D eigenvalue weighted by Crippen LogP contribution is -2.09. The van der Waals surface area contributed by atoms with Gasteiger partial charge in [-0.15, -0.1) is 0 Å². The number of rotatable bonds is 17. The summed E-state index contributed by atoms with van der Waals surface area (Å²) in [6.07, 6.45) is 2.39. The molecule has 1 N–H and O–H groups in total. The molecule has 0 unspecified atom stereocenters. The molecule has 0 amide bonds. The maximum absolute atomic E-state index is 13.6. The van der Waals surface area contributed by atoms with Gasteiger partial charge in [-0.25, -0.2) is 74.2 Å². The average molecular weight is 1770 g/mol. The van der Waals surface area contributed by atoms with Crippen LogP contribution in [0.5, 0.6) is 0 Å². The van der Waals surface area contributed by atoms with Gasteiger partial charge in [0.25, 0.3) is 15.7 Å². The van der Waals surface area contributed by atoms with E-state index in [0.717, 1.165) is 55.4 Å². The average Bonchev–Trinajstić information content (AvgIpc) is 0.721. The number of fused-ring (bicyclic) bond motifs is 22. The standard InChI is InChI=1S/C63H42N6O6.C27H9Cl3N6O3.C12H12O.3CH4/c70-61(73-31-28-40-16-7-13-37-10-1-4-19-46(37)40)43-22-25-49-52(34-43)67-58-55(64-49)56-59(68-53-35-44(23-26-50(53)65-56)62(71)74-32-29-41-17-8-14-38-11-2-5-20-47(38)41)60-57(58)66-51-27-24-45(36-54(51)69-60)63(72)75-33-30-42-18-9-15-39-12-3-6-21-48(39)42;28-25(37)10-1-4-13-16(7-10)34-22-19(31-13)20-23(35-17-8-11(26(29)38)2-5-14(17)32-20)24-21(22)33-15-6-3-12(27(30)39)9-18(15)36-24;13-9-8-11-6-3-5-10-4-1-2-7-12(10)11;;;/h1-27,34-36H,28-33H2;1-9H;1-7,13H,8-9H2;3*1H4. The highest BCUT2D eigenvalue weighted by Gasteiger charge is 2.25. The van der Waals surface area contributed by atoms with Crippen molar-refractivity contribution in [1.82, 2.24) is 59.8 Å². The van der Waals surface area contributed by atoms with Crippen LogP contribution in [0.25, 0.3) is 175 Å². The first-order valence-electron chi connectivity index (χ1n) is 40.6. The number of carbonyl (C=O) groups excluding carboxylic acids is 6. The van der Waals surface area contributed by atoms with Crippen LogP contribution in [0.3, 0.4) is 0 Å². The lowest BCUT2D eigenvalue weighted by atomic mass is 10.0. The van der Waals surface area contributed by atoms with Gasteiger partial charge in [0.05, 0.1) is 103 Å². The van der Waals surface area contributed by atoms with Crippen molar-refractivity contribution in [2.24, 2.45) is 0 Å². The second kappa shape index (κ2) is 36.8. The number of hydrogen-bond acceptors (Lipinski definition) is 22. The first-order valence-corrected chi connectivity index (χ1v) is 41.7. The summed E-state index contributed by atoms with van der Waals surface area (Å²) in [5.41, 5.74) is 16.4. The SMILES string of the molecule is C.C.C.O=C(Cl)c1ccc2nc3c4nc5ccc(C(=O)Cl)cc5nc4c4nc5cc(C(=O)Cl)ccc5nc4c3nc2c1.O=C(OCCc1cccc2ccccc12)c1ccc2nc3c4nc5ccc(C(=O)OCCc6cccc7ccccc67)cc5nc4c4nc5cc(C(=O)OCCc6cccc7ccccc67)ccc5nc4c3nc2c1.OCCc1cccc2ccccc12. The molecule has 0 bridgehead atoms. The number of esters is 3. The van der Waals surface area contributed by atoms with Crippen molar-refractivity contribution in [3.63, 3.8) is 0 Å². The fourth-order valence-electron chi connectivity index (χ4n) is 16.2. The van der Waals surface area contributed by atoms with Crippen LogP contribution in [0.15, 0.2) is 279 Å². The molecule has 22 aromatic rings. The van der Waals surface area contributed by atoms with E-state index in [4.69, 9.17) is 114 Å². The van der Waals surface area contributed by atoms with Gasteiger partial charge in [-0.1, -0.05) is 192 Å². The molecule has 0 saturated heterocycles. The van der Waals surface area contributed by atoms with Gasteiger partial charge in [-0.3, -0.25) is 14.4 Å². The Bertz CT molecular complexity index is 8440. The van der Waals surface area contributed by atoms with Gasteiger partial charge in [0.2, 0.25) is 0 Å². The lowest BCUT2D eigenvalue weighted by Gasteiger charge is -2.12. The van der Waals surface area contributed by atoms with E-state index in [9.17, 15) is 28.8 Å². The summed E-state index contributed by atoms with van der Waals surface area (Å²) in [5.74, 6) is -1.47. The Labute approximate surface area is 756 Å². The molecular weight excluding hydrogens is 1700 g/mol. The number of carbonyl (C=O) groups is 6. The van der Waals surface area contributed by atoms with Crippen molar-refractivity contribution in [3.8, 4) is 0 Å². The third-order valence-corrected chi connectivity index (χ3v) is 23.1. The molecule has 22 rings (SSSR count). The van der Waals surface area contributed by atoms with Gasteiger partial charge in [0.1, 0.15) is 66.2 Å². The number of halogens is 3. The smallest absolute Gasteiger partial charge is 0.338 e. The largest absolute Gasteiger partial charge is 0.462 e. The molecule has 6 heterocycles. The van der Waals surface area contributed by atoms with E-state index < -0.39 is 33.6 Å². The lowest BCUT2D eigenvalue weighted by molar-refractivity contribution is 0.0500. The molecule has 130 heavy (non-hydrogen) atoms. The van der Waals surface area contributed by atoms with Gasteiger partial charge in [0.15, 0.2) is 0 Å². The molecule has 0 atom stereocenters. The maximum Gasteiger partial charge on any atom is 0.338 e. The Balaban J connectivity index is 0.000000178. The minimum Gasteiger partial charge on any atom is -0.462 e. The van der Waals surface area contributed by atoms with E-state index in [1.165, 1.54) is 22.4 Å². The van der Waals surface area contributed by atoms with Gasteiger partial charge in [-0.05, 0) is 216 Å². The summed E-state index contributed by atoms with van der Waals surface area (Å²) in [4.78, 5) is 135. The highest BCUT2D eigenvalue weighted by Crippen LogP contribution is 2.38. The van der Waals surface area contributed by atoms with Crippen LogP contribution in [-0.4, -0.2) is 125 Å². The molecule has 25 heteroatoms. The van der Waals surface area contributed by atoms with E-state index in [0.29, 0.717) is 168 Å². The van der Waals surface area contributed by atoms with E-state index in [1.807, 2.05) is 91.0 Å². The van der Waals surface area contributed by atoms with Crippen molar-refractivity contribution >= 4 is 244 Å². The summed E-state index contributed by atoms with van der Waals surface area (Å²) in [5, 5.41) is 16.2. The van der Waals surface area contributed by atoms with Crippen molar-refractivity contribution in [3.05, 3.63) is 335 Å². The molecule has 0 aliphatic rings.